The lowest BCUT2D eigenvalue weighted by Crippen LogP contribution is -2.14. The first-order chi connectivity index (χ1) is 9.52. The van der Waals surface area contributed by atoms with E-state index in [2.05, 4.69) is 28.6 Å². The fourth-order valence-corrected chi connectivity index (χ4v) is 2.27. The Bertz CT molecular complexity index is 585. The number of nitrogens with one attached hydrogen (secondary N) is 1. The van der Waals surface area contributed by atoms with E-state index in [1.807, 2.05) is 18.5 Å². The molecule has 1 N–H and O–H groups in total. The van der Waals surface area contributed by atoms with Gasteiger partial charge in [-0.05, 0) is 20.3 Å². The summed E-state index contributed by atoms with van der Waals surface area (Å²) in [4.78, 5) is 0. The van der Waals surface area contributed by atoms with Gasteiger partial charge < -0.3 is 5.32 Å². The summed E-state index contributed by atoms with van der Waals surface area (Å²) in [5.41, 5.74) is 3.54. The molecule has 2 aromatic rings. The molecule has 0 aliphatic heterocycles. The minimum Gasteiger partial charge on any atom is -0.308 e. The summed E-state index contributed by atoms with van der Waals surface area (Å²) in [5.74, 6) is -0.270. The van der Waals surface area contributed by atoms with E-state index in [1.165, 1.54) is 4.68 Å². The molecule has 0 saturated heterocycles. The largest absolute Gasteiger partial charge is 0.308 e. The summed E-state index contributed by atoms with van der Waals surface area (Å²) in [6.07, 6.45) is 3.12. The molecule has 0 atom stereocenters. The maximum atomic E-state index is 13.8. The van der Waals surface area contributed by atoms with E-state index < -0.39 is 0 Å². The maximum Gasteiger partial charge on any atom is 0.215 e. The fraction of sp³-hybridized carbons (Fsp3) is 0.571. The molecular formula is C14H22FN5. The lowest BCUT2D eigenvalue weighted by atomic mass is 10.2. The minimum atomic E-state index is -0.270. The lowest BCUT2D eigenvalue weighted by Gasteiger charge is -2.03. The summed E-state index contributed by atoms with van der Waals surface area (Å²) in [6.45, 7) is 8.04. The summed E-state index contributed by atoms with van der Waals surface area (Å²) in [7, 11) is 1.62. The van der Waals surface area contributed by atoms with Crippen LogP contribution in [0, 0.1) is 19.8 Å². The summed E-state index contributed by atoms with van der Waals surface area (Å²) in [6, 6.07) is 0. The Morgan fingerprint density at radius 1 is 1.20 bits per heavy atom. The molecule has 6 heteroatoms. The zero-order chi connectivity index (χ0) is 14.7. The van der Waals surface area contributed by atoms with Gasteiger partial charge in [0.1, 0.15) is 0 Å². The molecule has 0 aromatic carbocycles. The Balaban J connectivity index is 1.96. The van der Waals surface area contributed by atoms with Crippen molar-refractivity contribution in [2.45, 2.75) is 46.8 Å². The summed E-state index contributed by atoms with van der Waals surface area (Å²) in [5, 5.41) is 11.8. The predicted octanol–water partition coefficient (Wildman–Crippen LogP) is 2.07. The Labute approximate surface area is 118 Å². The molecule has 0 fully saturated rings. The van der Waals surface area contributed by atoms with E-state index in [0.717, 1.165) is 29.9 Å². The van der Waals surface area contributed by atoms with Crippen molar-refractivity contribution in [2.24, 2.45) is 7.05 Å². The predicted molar refractivity (Wildman–Crippen MR) is 75.7 cm³/mol. The van der Waals surface area contributed by atoms with Gasteiger partial charge in [0.25, 0.3) is 0 Å². The van der Waals surface area contributed by atoms with Gasteiger partial charge in [-0.3, -0.25) is 4.68 Å². The van der Waals surface area contributed by atoms with Gasteiger partial charge in [0.05, 0.1) is 11.4 Å². The van der Waals surface area contributed by atoms with Crippen molar-refractivity contribution < 1.29 is 4.39 Å². The van der Waals surface area contributed by atoms with Gasteiger partial charge in [-0.2, -0.15) is 14.6 Å². The Morgan fingerprint density at radius 3 is 2.55 bits per heavy atom. The molecule has 0 bridgehead atoms. The zero-order valence-electron chi connectivity index (χ0n) is 12.6. The van der Waals surface area contributed by atoms with E-state index in [0.29, 0.717) is 18.7 Å². The third-order valence-corrected chi connectivity index (χ3v) is 3.39. The number of hydrogen-bond donors (Lipinski definition) is 1. The van der Waals surface area contributed by atoms with Crippen molar-refractivity contribution in [3.63, 3.8) is 0 Å². The molecule has 0 unspecified atom stereocenters. The van der Waals surface area contributed by atoms with Crippen LogP contribution >= 0.6 is 0 Å². The quantitative estimate of drug-likeness (QED) is 0.880. The summed E-state index contributed by atoms with van der Waals surface area (Å²) < 4.78 is 17.0. The highest BCUT2D eigenvalue weighted by atomic mass is 19.1. The lowest BCUT2D eigenvalue weighted by molar-refractivity contribution is 0.489. The molecular weight excluding hydrogens is 257 g/mol. The Morgan fingerprint density at radius 2 is 1.95 bits per heavy atom. The van der Waals surface area contributed by atoms with Crippen LogP contribution in [-0.4, -0.2) is 19.6 Å². The minimum absolute atomic E-state index is 0.270. The second-order valence-corrected chi connectivity index (χ2v) is 5.08. The van der Waals surface area contributed by atoms with Crippen LogP contribution in [0.2, 0.25) is 0 Å². The highest BCUT2D eigenvalue weighted by molar-refractivity contribution is 5.18. The SMILES string of the molecule is CCCn1cc(CNCc2c(C)nn(C)c2F)c(C)n1. The topological polar surface area (TPSA) is 47.7 Å². The van der Waals surface area contributed by atoms with Gasteiger partial charge in [0.15, 0.2) is 0 Å². The van der Waals surface area contributed by atoms with Crippen LogP contribution < -0.4 is 5.32 Å². The number of aromatic nitrogens is 4. The average Bonchev–Trinajstić information content (AvgIpc) is 2.85. The van der Waals surface area contributed by atoms with Gasteiger partial charge in [-0.25, -0.2) is 4.68 Å². The van der Waals surface area contributed by atoms with Gasteiger partial charge in [0, 0.05) is 44.0 Å². The van der Waals surface area contributed by atoms with Crippen LogP contribution in [0.5, 0.6) is 0 Å². The molecule has 0 amide bonds. The number of aryl methyl sites for hydroxylation is 4. The third-order valence-electron chi connectivity index (χ3n) is 3.39. The van der Waals surface area contributed by atoms with Crippen LogP contribution in [0.1, 0.15) is 35.9 Å². The van der Waals surface area contributed by atoms with Gasteiger partial charge in [-0.1, -0.05) is 6.92 Å². The molecule has 0 spiro atoms. The number of rotatable bonds is 6. The number of nitrogens with zero attached hydrogens (tertiary/aromatic N) is 4. The van der Waals surface area contributed by atoms with Crippen LogP contribution in [0.15, 0.2) is 6.20 Å². The van der Waals surface area contributed by atoms with Crippen molar-refractivity contribution >= 4 is 0 Å². The second-order valence-electron chi connectivity index (χ2n) is 5.08. The number of halogens is 1. The van der Waals surface area contributed by atoms with Crippen LogP contribution in [0.3, 0.4) is 0 Å². The Kier molecular flexibility index (Phi) is 4.54. The third kappa shape index (κ3) is 3.07. The van der Waals surface area contributed by atoms with Gasteiger partial charge >= 0.3 is 0 Å². The van der Waals surface area contributed by atoms with E-state index >= 15 is 0 Å². The molecule has 0 radical (unpaired) electrons. The Hall–Kier alpha value is -1.69. The van der Waals surface area contributed by atoms with Crippen molar-refractivity contribution in [3.8, 4) is 0 Å². The molecule has 2 heterocycles. The second kappa shape index (κ2) is 6.17. The highest BCUT2D eigenvalue weighted by Crippen LogP contribution is 2.11. The van der Waals surface area contributed by atoms with E-state index in [9.17, 15) is 4.39 Å². The monoisotopic (exact) mass is 279 g/mol. The van der Waals surface area contributed by atoms with Crippen LogP contribution in [0.4, 0.5) is 4.39 Å². The first-order valence-electron chi connectivity index (χ1n) is 6.94. The molecule has 5 nitrogen and oxygen atoms in total. The zero-order valence-corrected chi connectivity index (χ0v) is 12.6. The van der Waals surface area contributed by atoms with Gasteiger partial charge in [0.2, 0.25) is 5.95 Å². The molecule has 0 aliphatic carbocycles. The van der Waals surface area contributed by atoms with E-state index in [1.54, 1.807) is 7.05 Å². The van der Waals surface area contributed by atoms with Crippen LogP contribution in [0.25, 0.3) is 0 Å². The molecule has 0 aliphatic rings. The standard InChI is InChI=1S/C14H22FN5/c1-5-6-20-9-12(10(2)18-20)7-16-8-13-11(3)17-19(4)14(13)15/h9,16H,5-8H2,1-4H3. The van der Waals surface area contributed by atoms with Crippen molar-refractivity contribution in [2.75, 3.05) is 0 Å². The molecule has 20 heavy (non-hydrogen) atoms. The molecule has 0 saturated carbocycles. The molecule has 2 rings (SSSR count). The molecule has 2 aromatic heterocycles. The normalized spacial score (nSPS) is 11.2. The molecule has 110 valence electrons. The van der Waals surface area contributed by atoms with Crippen molar-refractivity contribution in [3.05, 3.63) is 34.7 Å². The number of hydrogen-bond acceptors (Lipinski definition) is 3. The first kappa shape index (κ1) is 14.7. The summed E-state index contributed by atoms with van der Waals surface area (Å²) >= 11 is 0. The van der Waals surface area contributed by atoms with E-state index in [4.69, 9.17) is 0 Å². The highest BCUT2D eigenvalue weighted by Gasteiger charge is 2.12. The van der Waals surface area contributed by atoms with Crippen LogP contribution in [-0.2, 0) is 26.7 Å². The first-order valence-corrected chi connectivity index (χ1v) is 6.94. The smallest absolute Gasteiger partial charge is 0.215 e. The van der Waals surface area contributed by atoms with Gasteiger partial charge in [-0.15, -0.1) is 0 Å². The maximum absolute atomic E-state index is 13.8. The fourth-order valence-electron chi connectivity index (χ4n) is 2.27. The van der Waals surface area contributed by atoms with Crippen molar-refractivity contribution in [1.29, 1.82) is 0 Å². The van der Waals surface area contributed by atoms with E-state index in [-0.39, 0.29) is 5.95 Å². The van der Waals surface area contributed by atoms with Crippen molar-refractivity contribution in [1.82, 2.24) is 24.9 Å². The average molecular weight is 279 g/mol.